The van der Waals surface area contributed by atoms with Crippen LogP contribution in [0.4, 0.5) is 0 Å². The number of nitrogens with zero attached hydrogens (tertiary/aromatic N) is 2. The molecule has 3 N–H and O–H groups in total. The molecule has 0 aromatic carbocycles. The van der Waals surface area contributed by atoms with E-state index in [4.69, 9.17) is 11.0 Å². The molecule has 1 fully saturated rings. The van der Waals surface area contributed by atoms with Gasteiger partial charge in [0, 0.05) is 0 Å². The highest BCUT2D eigenvalue weighted by atomic mass is 16.4. The molecule has 1 saturated carbocycles. The van der Waals surface area contributed by atoms with Crippen LogP contribution in [-0.4, -0.2) is 16.6 Å². The highest BCUT2D eigenvalue weighted by molar-refractivity contribution is 6.43. The smallest absolute Gasteiger partial charge is 0.103 e. The van der Waals surface area contributed by atoms with Gasteiger partial charge in [-0.25, -0.2) is 0 Å². The summed E-state index contributed by atoms with van der Waals surface area (Å²) < 4.78 is 0. The Morgan fingerprint density at radius 3 is 2.44 bits per heavy atom. The van der Waals surface area contributed by atoms with Gasteiger partial charge in [-0.15, -0.1) is 0 Å². The predicted octanol–water partition coefficient (Wildman–Crippen LogP) is 0.315. The quantitative estimate of drug-likeness (QED) is 0.279. The summed E-state index contributed by atoms with van der Waals surface area (Å²) in [6.07, 6.45) is 2.64. The van der Waals surface area contributed by atoms with Gasteiger partial charge in [0.2, 0.25) is 0 Å². The van der Waals surface area contributed by atoms with Gasteiger partial charge in [0.15, 0.2) is 0 Å². The molecular weight excluding hydrogens is 118 g/mol. The first-order valence-electron chi connectivity index (χ1n) is 2.86. The van der Waals surface area contributed by atoms with Crippen molar-refractivity contribution in [2.45, 2.75) is 19.3 Å². The number of rotatable bonds is 0. The molecule has 0 heterocycles. The molecule has 0 aromatic rings. The molecule has 50 valence electrons. The SMILES string of the molecule is NN=C1CCCC1=NO. The topological polar surface area (TPSA) is 71.0 Å². The Bertz CT molecular complexity index is 144. The lowest BCUT2D eigenvalue weighted by molar-refractivity contribution is 0.319. The van der Waals surface area contributed by atoms with Gasteiger partial charge in [0.1, 0.15) is 5.71 Å². The Hall–Kier alpha value is -1.06. The summed E-state index contributed by atoms with van der Waals surface area (Å²) in [6, 6.07) is 0. The first kappa shape index (κ1) is 6.07. The average Bonchev–Trinajstić information content (AvgIpc) is 2.33. The summed E-state index contributed by atoms with van der Waals surface area (Å²) in [5, 5.41) is 14.8. The molecule has 0 aliphatic heterocycles. The lowest BCUT2D eigenvalue weighted by atomic mass is 10.3. The van der Waals surface area contributed by atoms with Gasteiger partial charge < -0.3 is 11.0 Å². The first-order valence-corrected chi connectivity index (χ1v) is 2.86. The van der Waals surface area contributed by atoms with Crippen LogP contribution in [0.2, 0.25) is 0 Å². The van der Waals surface area contributed by atoms with Crippen molar-refractivity contribution in [2.24, 2.45) is 16.1 Å². The molecule has 1 aliphatic carbocycles. The molecule has 1 rings (SSSR count). The second-order valence-corrected chi connectivity index (χ2v) is 1.98. The fourth-order valence-corrected chi connectivity index (χ4v) is 0.959. The zero-order chi connectivity index (χ0) is 6.69. The fraction of sp³-hybridized carbons (Fsp3) is 0.600. The van der Waals surface area contributed by atoms with Gasteiger partial charge in [0.25, 0.3) is 0 Å². The van der Waals surface area contributed by atoms with Crippen molar-refractivity contribution < 1.29 is 5.21 Å². The molecule has 0 aromatic heterocycles. The van der Waals surface area contributed by atoms with Gasteiger partial charge in [-0.3, -0.25) is 0 Å². The second-order valence-electron chi connectivity index (χ2n) is 1.98. The highest BCUT2D eigenvalue weighted by Crippen LogP contribution is 2.11. The Morgan fingerprint density at radius 1 is 1.33 bits per heavy atom. The van der Waals surface area contributed by atoms with E-state index in [1.807, 2.05) is 0 Å². The first-order chi connectivity index (χ1) is 4.38. The lowest BCUT2D eigenvalue weighted by Gasteiger charge is -1.89. The molecule has 0 radical (unpaired) electrons. The van der Waals surface area contributed by atoms with E-state index < -0.39 is 0 Å². The summed E-state index contributed by atoms with van der Waals surface area (Å²) in [7, 11) is 0. The third-order valence-electron chi connectivity index (χ3n) is 1.44. The number of hydrogen-bond acceptors (Lipinski definition) is 4. The summed E-state index contributed by atoms with van der Waals surface area (Å²) in [4.78, 5) is 0. The van der Waals surface area contributed by atoms with E-state index in [1.54, 1.807) is 0 Å². The van der Waals surface area contributed by atoms with E-state index >= 15 is 0 Å². The van der Waals surface area contributed by atoms with Crippen LogP contribution in [0.15, 0.2) is 10.3 Å². The molecular formula is C5H9N3O. The minimum absolute atomic E-state index is 0.637. The molecule has 0 spiro atoms. The van der Waals surface area contributed by atoms with E-state index in [0.717, 1.165) is 25.0 Å². The highest BCUT2D eigenvalue weighted by Gasteiger charge is 2.16. The van der Waals surface area contributed by atoms with Crippen LogP contribution in [0.25, 0.3) is 0 Å². The average molecular weight is 127 g/mol. The van der Waals surface area contributed by atoms with Gasteiger partial charge >= 0.3 is 0 Å². The lowest BCUT2D eigenvalue weighted by Crippen LogP contribution is -2.07. The van der Waals surface area contributed by atoms with Crippen LogP contribution in [-0.2, 0) is 0 Å². The molecule has 0 unspecified atom stereocenters. The standard InChI is InChI=1S/C5H9N3O/c6-7-4-2-1-3-5(4)8-9/h9H,1-3,6H2. The predicted molar refractivity (Wildman–Crippen MR) is 34.7 cm³/mol. The van der Waals surface area contributed by atoms with Crippen LogP contribution >= 0.6 is 0 Å². The maximum absolute atomic E-state index is 8.32. The van der Waals surface area contributed by atoms with Crippen molar-refractivity contribution >= 4 is 11.4 Å². The van der Waals surface area contributed by atoms with Crippen LogP contribution in [0.5, 0.6) is 0 Å². The maximum Gasteiger partial charge on any atom is 0.103 e. The molecule has 4 nitrogen and oxygen atoms in total. The minimum Gasteiger partial charge on any atom is -0.411 e. The van der Waals surface area contributed by atoms with E-state index in [9.17, 15) is 0 Å². The summed E-state index contributed by atoms with van der Waals surface area (Å²) >= 11 is 0. The van der Waals surface area contributed by atoms with Crippen molar-refractivity contribution in [2.75, 3.05) is 0 Å². The van der Waals surface area contributed by atoms with Gasteiger partial charge in [-0.05, 0) is 19.3 Å². The molecule has 9 heavy (non-hydrogen) atoms. The van der Waals surface area contributed by atoms with Crippen LogP contribution in [0.1, 0.15) is 19.3 Å². The van der Waals surface area contributed by atoms with Crippen LogP contribution in [0.3, 0.4) is 0 Å². The van der Waals surface area contributed by atoms with Gasteiger partial charge in [-0.1, -0.05) is 5.16 Å². The number of hydrogen-bond donors (Lipinski definition) is 2. The molecule has 0 atom stereocenters. The van der Waals surface area contributed by atoms with Crippen LogP contribution in [0, 0.1) is 0 Å². The van der Waals surface area contributed by atoms with E-state index in [2.05, 4.69) is 10.3 Å². The Morgan fingerprint density at radius 2 is 2.00 bits per heavy atom. The zero-order valence-corrected chi connectivity index (χ0v) is 5.04. The molecule has 0 saturated heterocycles. The monoisotopic (exact) mass is 127 g/mol. The third-order valence-corrected chi connectivity index (χ3v) is 1.44. The number of oxime groups is 1. The van der Waals surface area contributed by atoms with Crippen LogP contribution < -0.4 is 5.84 Å². The molecule has 0 bridgehead atoms. The molecule has 4 heteroatoms. The van der Waals surface area contributed by atoms with Crippen molar-refractivity contribution in [3.05, 3.63) is 0 Å². The van der Waals surface area contributed by atoms with Gasteiger partial charge in [0.05, 0.1) is 5.71 Å². The minimum atomic E-state index is 0.637. The number of hydrazone groups is 1. The molecule has 0 amide bonds. The van der Waals surface area contributed by atoms with Crippen molar-refractivity contribution in [3.8, 4) is 0 Å². The third kappa shape index (κ3) is 1.01. The maximum atomic E-state index is 8.32. The fourth-order valence-electron chi connectivity index (χ4n) is 0.959. The largest absolute Gasteiger partial charge is 0.411 e. The Kier molecular flexibility index (Phi) is 1.67. The number of nitrogens with two attached hydrogens (primary N) is 1. The Balaban J connectivity index is 2.75. The van der Waals surface area contributed by atoms with Crippen molar-refractivity contribution in [1.82, 2.24) is 0 Å². The van der Waals surface area contributed by atoms with Crippen molar-refractivity contribution in [1.29, 1.82) is 0 Å². The van der Waals surface area contributed by atoms with E-state index in [1.165, 1.54) is 0 Å². The van der Waals surface area contributed by atoms with E-state index in [-0.39, 0.29) is 0 Å². The zero-order valence-electron chi connectivity index (χ0n) is 5.04. The Labute approximate surface area is 53.0 Å². The summed E-state index contributed by atoms with van der Waals surface area (Å²) in [5.74, 6) is 5.00. The normalized spacial score (nSPS) is 28.0. The van der Waals surface area contributed by atoms with E-state index in [0.29, 0.717) is 5.71 Å². The van der Waals surface area contributed by atoms with Crippen molar-refractivity contribution in [3.63, 3.8) is 0 Å². The molecule has 1 aliphatic rings. The summed E-state index contributed by atoms with van der Waals surface area (Å²) in [5.41, 5.74) is 1.37. The van der Waals surface area contributed by atoms with Gasteiger partial charge in [-0.2, -0.15) is 5.10 Å². The summed E-state index contributed by atoms with van der Waals surface area (Å²) in [6.45, 7) is 0. The second kappa shape index (κ2) is 2.48.